The van der Waals surface area contributed by atoms with Gasteiger partial charge in [-0.05, 0) is 22.9 Å². The van der Waals surface area contributed by atoms with E-state index in [0.29, 0.717) is 22.5 Å². The maximum atomic E-state index is 12.0. The molecule has 0 atom stereocenters. The second-order valence-electron chi connectivity index (χ2n) is 2.92. The number of halogens is 1. The zero-order valence-electron chi connectivity index (χ0n) is 8.07. The van der Waals surface area contributed by atoms with Crippen molar-refractivity contribution in [2.45, 2.75) is 13.5 Å². The predicted molar refractivity (Wildman–Crippen MR) is 57.6 cm³/mol. The van der Waals surface area contributed by atoms with Crippen molar-refractivity contribution in [2.75, 3.05) is 0 Å². The Morgan fingerprint density at radius 3 is 3.07 bits per heavy atom. The van der Waals surface area contributed by atoms with E-state index < -0.39 is 0 Å². The molecule has 5 nitrogen and oxygen atoms in total. The number of carbonyl (C=O) groups excluding carboxylic acids is 1. The van der Waals surface area contributed by atoms with Gasteiger partial charge in [0.1, 0.15) is 5.69 Å². The second-order valence-corrected chi connectivity index (χ2v) is 3.78. The molecule has 0 spiro atoms. The van der Waals surface area contributed by atoms with Gasteiger partial charge in [-0.1, -0.05) is 0 Å². The van der Waals surface area contributed by atoms with Crippen molar-refractivity contribution in [3.8, 4) is 0 Å². The van der Waals surface area contributed by atoms with E-state index in [0.717, 1.165) is 0 Å². The Kier molecular flexibility index (Phi) is 2.68. The third kappa shape index (κ3) is 1.72. The minimum atomic E-state index is -0.161. The van der Waals surface area contributed by atoms with Crippen LogP contribution in [0.5, 0.6) is 0 Å². The molecule has 0 aliphatic rings. The van der Waals surface area contributed by atoms with Crippen molar-refractivity contribution >= 4 is 21.7 Å². The lowest BCUT2D eigenvalue weighted by Crippen LogP contribution is -2.12. The molecule has 1 N–H and O–H groups in total. The largest absolute Gasteiger partial charge is 0.342 e. The highest BCUT2D eigenvalue weighted by Gasteiger charge is 2.19. The van der Waals surface area contributed by atoms with Crippen LogP contribution in [0.15, 0.2) is 23.1 Å². The fourth-order valence-electron chi connectivity index (χ4n) is 1.33. The van der Waals surface area contributed by atoms with E-state index in [2.05, 4.69) is 31.0 Å². The molecule has 2 aromatic rings. The molecule has 0 saturated heterocycles. The van der Waals surface area contributed by atoms with Crippen LogP contribution in [0.1, 0.15) is 23.2 Å². The monoisotopic (exact) mass is 268 g/mol. The van der Waals surface area contributed by atoms with Crippen molar-refractivity contribution in [1.82, 2.24) is 19.7 Å². The molecule has 2 aromatic heterocycles. The third-order valence-electron chi connectivity index (χ3n) is 2.02. The highest BCUT2D eigenvalue weighted by atomic mass is 79.9. The lowest BCUT2D eigenvalue weighted by atomic mass is 10.2. The van der Waals surface area contributed by atoms with E-state index in [1.54, 1.807) is 23.3 Å². The SMILES string of the molecule is CCn1ncc(Br)c1C(=O)c1ncc[nH]1. The van der Waals surface area contributed by atoms with Gasteiger partial charge in [-0.2, -0.15) is 5.10 Å². The van der Waals surface area contributed by atoms with Gasteiger partial charge >= 0.3 is 0 Å². The number of hydrogen-bond acceptors (Lipinski definition) is 3. The van der Waals surface area contributed by atoms with E-state index in [9.17, 15) is 4.79 Å². The Balaban J connectivity index is 2.45. The van der Waals surface area contributed by atoms with E-state index in [-0.39, 0.29) is 5.78 Å². The number of nitrogens with zero attached hydrogens (tertiary/aromatic N) is 3. The summed E-state index contributed by atoms with van der Waals surface area (Å²) in [6.45, 7) is 2.58. The molecule has 0 saturated carbocycles. The van der Waals surface area contributed by atoms with Crippen LogP contribution in [0.25, 0.3) is 0 Å². The Hall–Kier alpha value is -1.43. The first-order valence-electron chi connectivity index (χ1n) is 4.49. The van der Waals surface area contributed by atoms with E-state index in [1.165, 1.54) is 0 Å². The summed E-state index contributed by atoms with van der Waals surface area (Å²) >= 11 is 3.30. The summed E-state index contributed by atoms with van der Waals surface area (Å²) in [7, 11) is 0. The average Bonchev–Trinajstić information content (AvgIpc) is 2.85. The molecular weight excluding hydrogens is 260 g/mol. The summed E-state index contributed by atoms with van der Waals surface area (Å²) in [6.07, 6.45) is 4.78. The summed E-state index contributed by atoms with van der Waals surface area (Å²) in [5, 5.41) is 4.07. The first-order chi connectivity index (χ1) is 7.24. The predicted octanol–water partition coefficient (Wildman–Crippen LogP) is 1.62. The Labute approximate surface area is 94.6 Å². The topological polar surface area (TPSA) is 63.6 Å². The zero-order valence-corrected chi connectivity index (χ0v) is 9.65. The normalized spacial score (nSPS) is 10.5. The molecule has 0 bridgehead atoms. The van der Waals surface area contributed by atoms with Crippen LogP contribution >= 0.6 is 15.9 Å². The number of ketones is 1. The molecule has 0 aromatic carbocycles. The van der Waals surface area contributed by atoms with Gasteiger partial charge < -0.3 is 4.98 Å². The van der Waals surface area contributed by atoms with E-state index >= 15 is 0 Å². The molecule has 0 amide bonds. The standard InChI is InChI=1S/C9H9BrN4O/c1-2-14-7(6(10)5-13-14)8(15)9-11-3-4-12-9/h3-5H,2H2,1H3,(H,11,12). The van der Waals surface area contributed by atoms with E-state index in [4.69, 9.17) is 0 Å². The number of aromatic amines is 1. The first-order valence-corrected chi connectivity index (χ1v) is 5.28. The molecular formula is C9H9BrN4O. The van der Waals surface area contributed by atoms with Gasteiger partial charge in [0, 0.05) is 18.9 Å². The Morgan fingerprint density at radius 2 is 2.47 bits per heavy atom. The van der Waals surface area contributed by atoms with Crippen LogP contribution in [0.3, 0.4) is 0 Å². The van der Waals surface area contributed by atoms with Crippen LogP contribution in [0.2, 0.25) is 0 Å². The molecule has 6 heteroatoms. The van der Waals surface area contributed by atoms with Gasteiger partial charge in [0.2, 0.25) is 5.78 Å². The Morgan fingerprint density at radius 1 is 1.67 bits per heavy atom. The molecule has 15 heavy (non-hydrogen) atoms. The summed E-state index contributed by atoms with van der Waals surface area (Å²) in [4.78, 5) is 18.7. The van der Waals surface area contributed by atoms with Crippen molar-refractivity contribution in [3.63, 3.8) is 0 Å². The second kappa shape index (κ2) is 3.98. The molecule has 0 fully saturated rings. The van der Waals surface area contributed by atoms with Gasteiger partial charge in [0.05, 0.1) is 10.7 Å². The summed E-state index contributed by atoms with van der Waals surface area (Å²) in [5.41, 5.74) is 0.521. The van der Waals surface area contributed by atoms with Gasteiger partial charge in [-0.25, -0.2) is 4.98 Å². The highest BCUT2D eigenvalue weighted by Crippen LogP contribution is 2.18. The molecule has 78 valence electrons. The number of aromatic nitrogens is 4. The van der Waals surface area contributed by atoms with Crippen molar-refractivity contribution < 1.29 is 4.79 Å². The molecule has 0 aliphatic carbocycles. The van der Waals surface area contributed by atoms with Crippen LogP contribution in [-0.2, 0) is 6.54 Å². The fraction of sp³-hybridized carbons (Fsp3) is 0.222. The quantitative estimate of drug-likeness (QED) is 0.861. The number of rotatable bonds is 3. The van der Waals surface area contributed by atoms with Gasteiger partial charge in [0.15, 0.2) is 5.82 Å². The minimum Gasteiger partial charge on any atom is -0.342 e. The number of imidazole rings is 1. The van der Waals surface area contributed by atoms with E-state index in [1.807, 2.05) is 6.92 Å². The lowest BCUT2D eigenvalue weighted by Gasteiger charge is -2.02. The van der Waals surface area contributed by atoms with Crippen molar-refractivity contribution in [1.29, 1.82) is 0 Å². The number of H-pyrrole nitrogens is 1. The zero-order chi connectivity index (χ0) is 10.8. The first kappa shape index (κ1) is 10.1. The molecule has 2 heterocycles. The number of nitrogens with one attached hydrogen (secondary N) is 1. The summed E-state index contributed by atoms with van der Waals surface area (Å²) < 4.78 is 2.32. The van der Waals surface area contributed by atoms with Crippen LogP contribution in [-0.4, -0.2) is 25.5 Å². The van der Waals surface area contributed by atoms with Crippen molar-refractivity contribution in [2.24, 2.45) is 0 Å². The molecule has 2 rings (SSSR count). The van der Waals surface area contributed by atoms with Gasteiger partial charge in [0.25, 0.3) is 0 Å². The van der Waals surface area contributed by atoms with Gasteiger partial charge in [-0.3, -0.25) is 9.48 Å². The molecule has 0 unspecified atom stereocenters. The molecule has 0 radical (unpaired) electrons. The lowest BCUT2D eigenvalue weighted by molar-refractivity contribution is 0.102. The number of carbonyl (C=O) groups is 1. The Bertz CT molecular complexity index is 474. The van der Waals surface area contributed by atoms with Crippen LogP contribution in [0.4, 0.5) is 0 Å². The maximum absolute atomic E-state index is 12.0. The number of hydrogen-bond donors (Lipinski definition) is 1. The highest BCUT2D eigenvalue weighted by molar-refractivity contribution is 9.10. The maximum Gasteiger partial charge on any atom is 0.247 e. The van der Waals surface area contributed by atoms with Crippen LogP contribution < -0.4 is 0 Å². The minimum absolute atomic E-state index is 0.161. The summed E-state index contributed by atoms with van der Waals surface area (Å²) in [5.74, 6) is 0.164. The van der Waals surface area contributed by atoms with Crippen LogP contribution in [0, 0.1) is 0 Å². The van der Waals surface area contributed by atoms with Crippen molar-refractivity contribution in [3.05, 3.63) is 34.6 Å². The smallest absolute Gasteiger partial charge is 0.247 e. The average molecular weight is 269 g/mol. The third-order valence-corrected chi connectivity index (χ3v) is 2.60. The fourth-order valence-corrected chi connectivity index (χ4v) is 1.81. The molecule has 0 aliphatic heterocycles. The summed E-state index contributed by atoms with van der Waals surface area (Å²) in [6, 6.07) is 0. The number of aryl methyl sites for hydroxylation is 1. The van der Waals surface area contributed by atoms with Gasteiger partial charge in [-0.15, -0.1) is 0 Å².